The van der Waals surface area contributed by atoms with Gasteiger partial charge in [-0.05, 0) is 57.1 Å². The number of carbonyl (C=O) groups is 2. The van der Waals surface area contributed by atoms with Crippen molar-refractivity contribution in [1.82, 2.24) is 14.9 Å². The van der Waals surface area contributed by atoms with Gasteiger partial charge in [0, 0.05) is 48.8 Å². The van der Waals surface area contributed by atoms with E-state index in [-0.39, 0.29) is 17.7 Å². The molecule has 1 aromatic heterocycles. The van der Waals surface area contributed by atoms with E-state index in [2.05, 4.69) is 0 Å². The lowest BCUT2D eigenvalue weighted by Gasteiger charge is -2.35. The van der Waals surface area contributed by atoms with Gasteiger partial charge in [-0.3, -0.25) is 14.5 Å². The number of aromatic nitrogens is 2. The van der Waals surface area contributed by atoms with Gasteiger partial charge in [0.05, 0.1) is 0 Å². The second-order valence-corrected chi connectivity index (χ2v) is 9.93. The van der Waals surface area contributed by atoms with E-state index >= 15 is 0 Å². The predicted octanol–water partition coefficient (Wildman–Crippen LogP) is 4.66. The van der Waals surface area contributed by atoms with Gasteiger partial charge in [0.15, 0.2) is 0 Å². The van der Waals surface area contributed by atoms with Crippen LogP contribution in [0.2, 0.25) is 0 Å². The van der Waals surface area contributed by atoms with E-state index in [0.29, 0.717) is 18.9 Å². The molecule has 5 rings (SSSR count). The maximum Gasteiger partial charge on any atom is 0.253 e. The van der Waals surface area contributed by atoms with Crippen molar-refractivity contribution in [2.24, 2.45) is 5.92 Å². The first kappa shape index (κ1) is 22.1. The van der Waals surface area contributed by atoms with E-state index in [1.54, 1.807) is 0 Å². The molecule has 1 saturated carbocycles. The van der Waals surface area contributed by atoms with Crippen LogP contribution in [0.15, 0.2) is 30.3 Å². The van der Waals surface area contributed by atoms with E-state index < -0.39 is 0 Å². The minimum Gasteiger partial charge on any atom is -0.338 e. The molecule has 1 aliphatic carbocycles. The van der Waals surface area contributed by atoms with Gasteiger partial charge >= 0.3 is 0 Å². The molecule has 0 bridgehead atoms. The number of piperidine rings is 1. The monoisotopic (exact) mass is 446 g/mol. The zero-order valence-electron chi connectivity index (χ0n) is 19.6. The molecular weight excluding hydrogens is 412 g/mol. The van der Waals surface area contributed by atoms with Gasteiger partial charge in [0.25, 0.3) is 5.91 Å². The Morgan fingerprint density at radius 2 is 1.79 bits per heavy atom. The average Bonchev–Trinajstić information content (AvgIpc) is 2.86. The zero-order valence-corrected chi connectivity index (χ0v) is 19.6. The van der Waals surface area contributed by atoms with Crippen LogP contribution in [-0.2, 0) is 11.2 Å². The fourth-order valence-corrected chi connectivity index (χ4v) is 5.74. The van der Waals surface area contributed by atoms with Gasteiger partial charge in [-0.15, -0.1) is 0 Å². The quantitative estimate of drug-likeness (QED) is 0.685. The van der Waals surface area contributed by atoms with Crippen molar-refractivity contribution in [3.05, 3.63) is 53.0 Å². The highest BCUT2D eigenvalue weighted by Crippen LogP contribution is 2.34. The summed E-state index contributed by atoms with van der Waals surface area (Å²) in [6.45, 7) is 4.22. The van der Waals surface area contributed by atoms with E-state index in [1.807, 2.05) is 47.1 Å². The van der Waals surface area contributed by atoms with Crippen LogP contribution in [0.5, 0.6) is 0 Å². The van der Waals surface area contributed by atoms with Crippen LogP contribution in [0.25, 0.3) is 0 Å². The lowest BCUT2D eigenvalue weighted by atomic mass is 9.88. The summed E-state index contributed by atoms with van der Waals surface area (Å²) in [5.74, 6) is 2.57. The second kappa shape index (κ2) is 9.62. The molecule has 2 aromatic rings. The van der Waals surface area contributed by atoms with E-state index in [4.69, 9.17) is 9.97 Å². The number of carbonyl (C=O) groups excluding carboxylic acids is 2. The van der Waals surface area contributed by atoms with Crippen LogP contribution in [0.1, 0.15) is 84.7 Å². The highest BCUT2D eigenvalue weighted by molar-refractivity contribution is 5.95. The molecule has 174 valence electrons. The van der Waals surface area contributed by atoms with Crippen LogP contribution in [-0.4, -0.2) is 46.3 Å². The highest BCUT2D eigenvalue weighted by atomic mass is 16.2. The van der Waals surface area contributed by atoms with Crippen molar-refractivity contribution in [2.75, 3.05) is 24.5 Å². The van der Waals surface area contributed by atoms with Crippen molar-refractivity contribution in [3.63, 3.8) is 0 Å². The topological polar surface area (TPSA) is 66.4 Å². The maximum atomic E-state index is 13.0. The summed E-state index contributed by atoms with van der Waals surface area (Å²) in [6, 6.07) is 9.49. The summed E-state index contributed by atoms with van der Waals surface area (Å²) in [6.07, 6.45) is 9.43. The number of rotatable bonds is 4. The van der Waals surface area contributed by atoms with Crippen molar-refractivity contribution in [2.45, 2.75) is 70.6 Å². The van der Waals surface area contributed by atoms with Gasteiger partial charge in [-0.2, -0.15) is 0 Å². The Hall–Kier alpha value is -2.76. The van der Waals surface area contributed by atoms with Crippen LogP contribution in [0.4, 0.5) is 5.82 Å². The largest absolute Gasteiger partial charge is 0.338 e. The summed E-state index contributed by atoms with van der Waals surface area (Å²) >= 11 is 0. The molecule has 0 spiro atoms. The first-order chi connectivity index (χ1) is 16.1. The van der Waals surface area contributed by atoms with E-state index in [9.17, 15) is 9.59 Å². The second-order valence-electron chi connectivity index (χ2n) is 9.93. The summed E-state index contributed by atoms with van der Waals surface area (Å²) in [4.78, 5) is 39.8. The summed E-state index contributed by atoms with van der Waals surface area (Å²) in [5, 5.41) is 0. The molecule has 1 unspecified atom stereocenters. The summed E-state index contributed by atoms with van der Waals surface area (Å²) in [5.41, 5.74) is 2.84. The molecular formula is C27H34N4O2. The third-order valence-corrected chi connectivity index (χ3v) is 7.61. The van der Waals surface area contributed by atoms with Gasteiger partial charge in [0.1, 0.15) is 11.6 Å². The number of benzene rings is 1. The number of fused-ring (bicyclic) bond motifs is 1. The van der Waals surface area contributed by atoms with Crippen molar-refractivity contribution in [1.29, 1.82) is 0 Å². The van der Waals surface area contributed by atoms with Crippen molar-refractivity contribution < 1.29 is 9.59 Å². The first-order valence-corrected chi connectivity index (χ1v) is 12.6. The van der Waals surface area contributed by atoms with Crippen LogP contribution in [0, 0.1) is 12.8 Å². The Bertz CT molecular complexity index is 1020. The Labute approximate surface area is 196 Å². The Kier molecular flexibility index (Phi) is 6.43. The molecule has 6 nitrogen and oxygen atoms in total. The van der Waals surface area contributed by atoms with E-state index in [0.717, 1.165) is 60.8 Å². The molecule has 3 aliphatic rings. The minimum absolute atomic E-state index is 0.0732. The Morgan fingerprint density at radius 3 is 2.58 bits per heavy atom. The number of hydrogen-bond acceptors (Lipinski definition) is 4. The predicted molar refractivity (Wildman–Crippen MR) is 128 cm³/mol. The van der Waals surface area contributed by atoms with Crippen LogP contribution in [0.3, 0.4) is 0 Å². The molecule has 1 aromatic carbocycles. The number of likely N-dealkylation sites (tertiary alicyclic amines) is 1. The van der Waals surface area contributed by atoms with E-state index in [1.165, 1.54) is 32.1 Å². The number of aryl methyl sites for hydroxylation is 1. The van der Waals surface area contributed by atoms with Crippen LogP contribution < -0.4 is 4.90 Å². The molecule has 2 aliphatic heterocycles. The Balaban J connectivity index is 1.39. The van der Waals surface area contributed by atoms with Crippen molar-refractivity contribution in [3.8, 4) is 0 Å². The van der Waals surface area contributed by atoms with Gasteiger partial charge < -0.3 is 4.90 Å². The standard InChI is InChI=1S/C27H34N4O2/c1-19-23-14-15-24(32)31(17-20-9-4-2-5-10-20)26(23)29-25(28-19)22-13-8-16-30(18-22)27(33)21-11-6-3-7-12-21/h3,6-7,11-12,20,22H,2,4-5,8-10,13-18H2,1H3. The van der Waals surface area contributed by atoms with Gasteiger partial charge in [0.2, 0.25) is 5.91 Å². The summed E-state index contributed by atoms with van der Waals surface area (Å²) < 4.78 is 0. The lowest BCUT2D eigenvalue weighted by Crippen LogP contribution is -2.42. The van der Waals surface area contributed by atoms with Crippen LogP contribution >= 0.6 is 0 Å². The maximum absolute atomic E-state index is 13.0. The lowest BCUT2D eigenvalue weighted by molar-refractivity contribution is -0.119. The Morgan fingerprint density at radius 1 is 1.00 bits per heavy atom. The smallest absolute Gasteiger partial charge is 0.253 e. The third kappa shape index (κ3) is 4.66. The third-order valence-electron chi connectivity index (χ3n) is 7.61. The fourth-order valence-electron chi connectivity index (χ4n) is 5.74. The summed E-state index contributed by atoms with van der Waals surface area (Å²) in [7, 11) is 0. The fraction of sp³-hybridized carbons (Fsp3) is 0.556. The number of hydrogen-bond donors (Lipinski definition) is 0. The highest BCUT2D eigenvalue weighted by Gasteiger charge is 2.33. The minimum atomic E-state index is 0.0732. The SMILES string of the molecule is Cc1nc(C2CCCN(C(=O)c3ccccc3)C2)nc2c1CCC(=O)N2CC1CCCCC1. The molecule has 3 heterocycles. The zero-order chi connectivity index (χ0) is 22.8. The molecule has 2 amide bonds. The molecule has 0 N–H and O–H groups in total. The molecule has 0 radical (unpaired) electrons. The first-order valence-electron chi connectivity index (χ1n) is 12.6. The molecule has 6 heteroatoms. The molecule has 2 fully saturated rings. The average molecular weight is 447 g/mol. The number of amides is 2. The normalized spacial score (nSPS) is 21.7. The van der Waals surface area contributed by atoms with Crippen molar-refractivity contribution >= 4 is 17.6 Å². The van der Waals surface area contributed by atoms with Gasteiger partial charge in [-0.25, -0.2) is 9.97 Å². The molecule has 1 atom stereocenters. The number of nitrogens with zero attached hydrogens (tertiary/aromatic N) is 4. The number of anilines is 1. The molecule has 1 saturated heterocycles. The molecule has 33 heavy (non-hydrogen) atoms. The van der Waals surface area contributed by atoms with Gasteiger partial charge in [-0.1, -0.05) is 37.5 Å².